The lowest BCUT2D eigenvalue weighted by atomic mass is 9.96. The van der Waals surface area contributed by atoms with Gasteiger partial charge in [0.1, 0.15) is 30.2 Å². The molecule has 1 amide bonds. The Hall–Kier alpha value is -2.51. The third kappa shape index (κ3) is 6.68. The quantitative estimate of drug-likeness (QED) is 0.234. The highest BCUT2D eigenvalue weighted by molar-refractivity contribution is 7.71. The third-order valence-corrected chi connectivity index (χ3v) is 6.95. The maximum atomic E-state index is 11.9. The summed E-state index contributed by atoms with van der Waals surface area (Å²) in [5.41, 5.74) is 1.03. The highest BCUT2D eigenvalue weighted by Crippen LogP contribution is 2.30. The van der Waals surface area contributed by atoms with Crippen molar-refractivity contribution in [2.45, 2.75) is 83.1 Å². The number of benzene rings is 1. The van der Waals surface area contributed by atoms with Crippen molar-refractivity contribution >= 4 is 18.1 Å². The van der Waals surface area contributed by atoms with Crippen LogP contribution in [0.5, 0.6) is 11.5 Å². The standard InChI is InChI=1S/C25H38N4O7S/c1-5-6-7-12-28-20(11-9-16-8-10-17(34-3)18(13-16)35-4)27-29(25(28)37)24-21(26-15(2)31)23(33)22(32)19(14-30)36-24/h8,10,13,19,21-24,30,32-33H,5-7,9,11-12,14H2,1-4H3,(H,26,31)/t19-,21-,22-,23-,24-/m1/s1. The molecule has 0 saturated carbocycles. The number of unbranched alkanes of at least 4 members (excludes halogenated alkanes) is 2. The maximum Gasteiger partial charge on any atom is 0.217 e. The number of carbonyl (C=O) groups is 1. The zero-order valence-corrected chi connectivity index (χ0v) is 22.6. The van der Waals surface area contributed by atoms with Gasteiger partial charge in [0.25, 0.3) is 0 Å². The molecular weight excluding hydrogens is 500 g/mol. The number of nitrogens with zero attached hydrogens (tertiary/aromatic N) is 3. The van der Waals surface area contributed by atoms with Crippen LogP contribution in [-0.4, -0.2) is 80.8 Å². The van der Waals surface area contributed by atoms with Crippen molar-refractivity contribution in [1.82, 2.24) is 19.7 Å². The number of hydrogen-bond acceptors (Lipinski definition) is 9. The molecule has 1 aliphatic heterocycles. The molecule has 5 atom stereocenters. The molecule has 206 valence electrons. The van der Waals surface area contributed by atoms with Crippen molar-refractivity contribution in [2.75, 3.05) is 20.8 Å². The Morgan fingerprint density at radius 3 is 2.51 bits per heavy atom. The van der Waals surface area contributed by atoms with Gasteiger partial charge in [-0.15, -0.1) is 0 Å². The molecule has 2 heterocycles. The van der Waals surface area contributed by atoms with Crippen LogP contribution in [0.3, 0.4) is 0 Å². The van der Waals surface area contributed by atoms with Gasteiger partial charge in [-0.25, -0.2) is 4.68 Å². The average Bonchev–Trinajstić information content (AvgIpc) is 3.20. The van der Waals surface area contributed by atoms with Gasteiger partial charge >= 0.3 is 0 Å². The first kappa shape index (κ1) is 29.1. The molecule has 37 heavy (non-hydrogen) atoms. The number of amides is 1. The first-order chi connectivity index (χ1) is 17.7. The van der Waals surface area contributed by atoms with Crippen LogP contribution in [0.1, 0.15) is 50.7 Å². The molecule has 1 saturated heterocycles. The lowest BCUT2D eigenvalue weighted by Gasteiger charge is -2.42. The van der Waals surface area contributed by atoms with Gasteiger partial charge in [0, 0.05) is 19.9 Å². The Kier molecular flexibility index (Phi) is 10.5. The van der Waals surface area contributed by atoms with Crippen LogP contribution in [0.2, 0.25) is 0 Å². The SMILES string of the molecule is CCCCCn1c(CCc2ccc(OC)c(OC)c2)nn([C@@H]2O[C@H](CO)[C@@H](O)[C@H](O)[C@H]2NC(C)=O)c1=S. The summed E-state index contributed by atoms with van der Waals surface area (Å²) in [6.07, 6.45) is -0.668. The molecule has 11 nitrogen and oxygen atoms in total. The number of carbonyl (C=O) groups excluding carboxylic acids is 1. The fourth-order valence-electron chi connectivity index (χ4n) is 4.54. The van der Waals surface area contributed by atoms with Gasteiger partial charge in [0.2, 0.25) is 5.91 Å². The zero-order chi connectivity index (χ0) is 27.1. The zero-order valence-electron chi connectivity index (χ0n) is 21.8. The van der Waals surface area contributed by atoms with Crippen molar-refractivity contribution in [1.29, 1.82) is 0 Å². The Balaban J connectivity index is 1.96. The predicted octanol–water partition coefficient (Wildman–Crippen LogP) is 1.52. The van der Waals surface area contributed by atoms with Crippen LogP contribution in [0.25, 0.3) is 0 Å². The lowest BCUT2D eigenvalue weighted by Crippen LogP contribution is -2.62. The Labute approximate surface area is 222 Å². The van der Waals surface area contributed by atoms with E-state index < -0.39 is 43.1 Å². The summed E-state index contributed by atoms with van der Waals surface area (Å²) in [6, 6.07) is 4.73. The molecule has 1 aromatic carbocycles. The molecule has 0 bridgehead atoms. The largest absolute Gasteiger partial charge is 0.493 e. The topological polar surface area (TPSA) is 140 Å². The first-order valence-electron chi connectivity index (χ1n) is 12.5. The monoisotopic (exact) mass is 538 g/mol. The molecular formula is C25H38N4O7S. The number of hydrogen-bond donors (Lipinski definition) is 4. The van der Waals surface area contributed by atoms with Gasteiger partial charge in [0.05, 0.1) is 20.8 Å². The minimum atomic E-state index is -1.39. The number of nitrogens with one attached hydrogen (secondary N) is 1. The average molecular weight is 539 g/mol. The first-order valence-corrected chi connectivity index (χ1v) is 12.9. The van der Waals surface area contributed by atoms with Crippen molar-refractivity contribution in [2.24, 2.45) is 0 Å². The van der Waals surface area contributed by atoms with Crippen LogP contribution in [-0.2, 0) is 28.9 Å². The number of aliphatic hydroxyl groups is 3. The molecule has 0 unspecified atom stereocenters. The van der Waals surface area contributed by atoms with Gasteiger partial charge in [-0.2, -0.15) is 5.10 Å². The second-order valence-electron chi connectivity index (χ2n) is 9.15. The molecule has 4 N–H and O–H groups in total. The van der Waals surface area contributed by atoms with Crippen LogP contribution < -0.4 is 14.8 Å². The summed E-state index contributed by atoms with van der Waals surface area (Å²) in [4.78, 5) is 11.9. The van der Waals surface area contributed by atoms with Crippen molar-refractivity contribution in [3.05, 3.63) is 34.4 Å². The second kappa shape index (κ2) is 13.3. The fourth-order valence-corrected chi connectivity index (χ4v) is 4.88. The molecule has 3 rings (SSSR count). The summed E-state index contributed by atoms with van der Waals surface area (Å²) < 4.78 is 20.5. The third-order valence-electron chi connectivity index (χ3n) is 6.54. The van der Waals surface area contributed by atoms with Crippen LogP contribution >= 0.6 is 12.2 Å². The number of aliphatic hydroxyl groups excluding tert-OH is 3. The van der Waals surface area contributed by atoms with Gasteiger partial charge < -0.3 is 39.4 Å². The highest BCUT2D eigenvalue weighted by Gasteiger charge is 2.46. The van der Waals surface area contributed by atoms with E-state index in [9.17, 15) is 20.1 Å². The summed E-state index contributed by atoms with van der Waals surface area (Å²) in [5.74, 6) is 1.61. The van der Waals surface area contributed by atoms with Crippen molar-refractivity contribution in [3.8, 4) is 11.5 Å². The molecule has 0 radical (unpaired) electrons. The van der Waals surface area contributed by atoms with E-state index in [1.807, 2.05) is 22.8 Å². The summed E-state index contributed by atoms with van der Waals surface area (Å²) >= 11 is 5.78. The fraction of sp³-hybridized carbons (Fsp3) is 0.640. The summed E-state index contributed by atoms with van der Waals surface area (Å²) in [5, 5.41) is 38.2. The molecule has 1 aliphatic rings. The minimum Gasteiger partial charge on any atom is -0.493 e. The van der Waals surface area contributed by atoms with E-state index in [2.05, 4.69) is 12.2 Å². The van der Waals surface area contributed by atoms with E-state index in [0.29, 0.717) is 35.7 Å². The highest BCUT2D eigenvalue weighted by atomic mass is 32.1. The molecule has 1 aromatic heterocycles. The van der Waals surface area contributed by atoms with Crippen molar-refractivity contribution < 1.29 is 34.3 Å². The van der Waals surface area contributed by atoms with E-state index >= 15 is 0 Å². The van der Waals surface area contributed by atoms with Crippen LogP contribution in [0.15, 0.2) is 18.2 Å². The number of aromatic nitrogens is 3. The molecule has 0 aliphatic carbocycles. The van der Waals surface area contributed by atoms with E-state index in [1.54, 1.807) is 14.2 Å². The number of methoxy groups -OCH3 is 2. The summed E-state index contributed by atoms with van der Waals surface area (Å²) in [7, 11) is 3.18. The lowest BCUT2D eigenvalue weighted by molar-refractivity contribution is -0.219. The van der Waals surface area contributed by atoms with E-state index in [-0.39, 0.29) is 0 Å². The van der Waals surface area contributed by atoms with Crippen LogP contribution in [0.4, 0.5) is 0 Å². The molecule has 2 aromatic rings. The van der Waals surface area contributed by atoms with Gasteiger partial charge in [-0.1, -0.05) is 25.8 Å². The normalized spacial score (nSPS) is 23.6. The molecule has 0 spiro atoms. The number of ether oxygens (including phenoxy) is 3. The van der Waals surface area contributed by atoms with Gasteiger partial charge in [-0.05, 0) is 42.8 Å². The Bertz CT molecular complexity index is 1110. The number of aryl methyl sites for hydroxylation is 2. The predicted molar refractivity (Wildman–Crippen MR) is 138 cm³/mol. The minimum absolute atomic E-state index is 0.374. The smallest absolute Gasteiger partial charge is 0.217 e. The van der Waals surface area contributed by atoms with E-state index in [0.717, 1.165) is 30.7 Å². The maximum absolute atomic E-state index is 11.9. The van der Waals surface area contributed by atoms with Gasteiger partial charge in [-0.3, -0.25) is 4.79 Å². The Morgan fingerprint density at radius 1 is 1.16 bits per heavy atom. The second-order valence-corrected chi connectivity index (χ2v) is 9.51. The van der Waals surface area contributed by atoms with E-state index in [1.165, 1.54) is 11.6 Å². The molecule has 1 fully saturated rings. The number of rotatable bonds is 12. The van der Waals surface area contributed by atoms with Gasteiger partial charge in [0.15, 0.2) is 22.5 Å². The summed E-state index contributed by atoms with van der Waals surface area (Å²) in [6.45, 7) is 3.57. The van der Waals surface area contributed by atoms with E-state index in [4.69, 9.17) is 31.5 Å². The molecule has 12 heteroatoms. The Morgan fingerprint density at radius 2 is 1.89 bits per heavy atom. The van der Waals surface area contributed by atoms with Crippen LogP contribution in [0, 0.1) is 4.77 Å². The van der Waals surface area contributed by atoms with Crippen molar-refractivity contribution in [3.63, 3.8) is 0 Å².